The molecule has 0 aliphatic rings. The van der Waals surface area contributed by atoms with Crippen molar-refractivity contribution in [2.24, 2.45) is 7.05 Å². The van der Waals surface area contributed by atoms with Gasteiger partial charge < -0.3 is 4.57 Å². The molecule has 0 fully saturated rings. The molecule has 0 saturated carbocycles. The Labute approximate surface area is 129 Å². The minimum absolute atomic E-state index is 0.904. The minimum Gasteiger partial charge on any atom is -0.305 e. The SMILES string of the molecule is Cc1ccc(CSc2nnc(-c3ccccc3)n2C)cc1. The molecule has 3 aromatic rings. The van der Waals surface area contributed by atoms with Gasteiger partial charge in [-0.15, -0.1) is 10.2 Å². The fourth-order valence-corrected chi connectivity index (χ4v) is 2.98. The number of nitrogens with zero attached hydrogens (tertiary/aromatic N) is 3. The van der Waals surface area contributed by atoms with Gasteiger partial charge in [-0.2, -0.15) is 0 Å². The largest absolute Gasteiger partial charge is 0.305 e. The first-order valence-electron chi connectivity index (χ1n) is 6.87. The van der Waals surface area contributed by atoms with Crippen molar-refractivity contribution in [2.75, 3.05) is 0 Å². The highest BCUT2D eigenvalue weighted by molar-refractivity contribution is 7.98. The van der Waals surface area contributed by atoms with E-state index >= 15 is 0 Å². The van der Waals surface area contributed by atoms with Crippen molar-refractivity contribution < 1.29 is 0 Å². The molecule has 0 radical (unpaired) electrons. The molecule has 0 amide bonds. The summed E-state index contributed by atoms with van der Waals surface area (Å²) in [4.78, 5) is 0. The number of thioether (sulfide) groups is 1. The molecular weight excluding hydrogens is 278 g/mol. The molecule has 1 heterocycles. The zero-order valence-electron chi connectivity index (χ0n) is 12.2. The predicted octanol–water partition coefficient (Wildman–Crippen LogP) is 4.08. The van der Waals surface area contributed by atoms with E-state index in [1.165, 1.54) is 11.1 Å². The molecule has 2 aromatic carbocycles. The molecule has 0 N–H and O–H groups in total. The molecule has 0 atom stereocenters. The lowest BCUT2D eigenvalue weighted by molar-refractivity contribution is 0.794. The molecule has 0 spiro atoms. The number of benzene rings is 2. The maximum absolute atomic E-state index is 4.30. The third kappa shape index (κ3) is 3.16. The van der Waals surface area contributed by atoms with E-state index in [4.69, 9.17) is 0 Å². The maximum atomic E-state index is 4.30. The van der Waals surface area contributed by atoms with Crippen LogP contribution in [0.25, 0.3) is 11.4 Å². The fraction of sp³-hybridized carbons (Fsp3) is 0.176. The van der Waals surface area contributed by atoms with Crippen LogP contribution in [-0.2, 0) is 12.8 Å². The molecule has 0 bridgehead atoms. The predicted molar refractivity (Wildman–Crippen MR) is 87.2 cm³/mol. The van der Waals surface area contributed by atoms with Crippen molar-refractivity contribution in [3.05, 3.63) is 65.7 Å². The Balaban J connectivity index is 1.75. The van der Waals surface area contributed by atoms with Crippen molar-refractivity contribution >= 4 is 11.8 Å². The van der Waals surface area contributed by atoms with Crippen molar-refractivity contribution in [3.8, 4) is 11.4 Å². The summed E-state index contributed by atoms with van der Waals surface area (Å²) in [6.45, 7) is 2.10. The van der Waals surface area contributed by atoms with Crippen molar-refractivity contribution in [1.29, 1.82) is 0 Å². The molecule has 0 unspecified atom stereocenters. The van der Waals surface area contributed by atoms with E-state index < -0.39 is 0 Å². The zero-order chi connectivity index (χ0) is 14.7. The first kappa shape index (κ1) is 13.9. The Kier molecular flexibility index (Phi) is 4.06. The van der Waals surface area contributed by atoms with Crippen molar-refractivity contribution in [1.82, 2.24) is 14.8 Å². The van der Waals surface area contributed by atoms with Gasteiger partial charge in [0, 0.05) is 18.4 Å². The van der Waals surface area contributed by atoms with Gasteiger partial charge in [0.15, 0.2) is 11.0 Å². The summed E-state index contributed by atoms with van der Waals surface area (Å²) in [5, 5.41) is 9.54. The van der Waals surface area contributed by atoms with Crippen LogP contribution in [0.3, 0.4) is 0 Å². The average Bonchev–Trinajstić information content (AvgIpc) is 2.89. The highest BCUT2D eigenvalue weighted by Crippen LogP contribution is 2.25. The summed E-state index contributed by atoms with van der Waals surface area (Å²) in [5.74, 6) is 1.81. The van der Waals surface area contributed by atoms with Crippen LogP contribution >= 0.6 is 11.8 Å². The van der Waals surface area contributed by atoms with Crippen LogP contribution in [0.15, 0.2) is 59.8 Å². The summed E-state index contributed by atoms with van der Waals surface area (Å²) in [6.07, 6.45) is 0. The molecule has 21 heavy (non-hydrogen) atoms. The van der Waals surface area contributed by atoms with Crippen LogP contribution < -0.4 is 0 Å². The summed E-state index contributed by atoms with van der Waals surface area (Å²) in [5.41, 5.74) is 3.68. The van der Waals surface area contributed by atoms with E-state index in [0.29, 0.717) is 0 Å². The summed E-state index contributed by atoms with van der Waals surface area (Å²) in [6, 6.07) is 18.8. The summed E-state index contributed by atoms with van der Waals surface area (Å²) >= 11 is 1.71. The fourth-order valence-electron chi connectivity index (χ4n) is 2.11. The maximum Gasteiger partial charge on any atom is 0.191 e. The Hall–Kier alpha value is -2.07. The topological polar surface area (TPSA) is 30.7 Å². The number of rotatable bonds is 4. The van der Waals surface area contributed by atoms with Gasteiger partial charge in [-0.25, -0.2) is 0 Å². The molecule has 1 aromatic heterocycles. The van der Waals surface area contributed by atoms with E-state index in [-0.39, 0.29) is 0 Å². The van der Waals surface area contributed by atoms with Crippen LogP contribution in [0.1, 0.15) is 11.1 Å². The van der Waals surface area contributed by atoms with Gasteiger partial charge >= 0.3 is 0 Å². The second kappa shape index (κ2) is 6.14. The smallest absolute Gasteiger partial charge is 0.191 e. The lowest BCUT2D eigenvalue weighted by Gasteiger charge is -2.04. The van der Waals surface area contributed by atoms with E-state index in [9.17, 15) is 0 Å². The van der Waals surface area contributed by atoms with E-state index in [2.05, 4.69) is 53.5 Å². The molecular formula is C17H17N3S. The van der Waals surface area contributed by atoms with Gasteiger partial charge in [0.25, 0.3) is 0 Å². The highest BCUT2D eigenvalue weighted by Gasteiger charge is 2.10. The highest BCUT2D eigenvalue weighted by atomic mass is 32.2. The Bertz CT molecular complexity index is 718. The number of aryl methyl sites for hydroxylation is 1. The molecule has 0 aliphatic carbocycles. The molecule has 3 nitrogen and oxygen atoms in total. The number of hydrogen-bond donors (Lipinski definition) is 0. The van der Waals surface area contributed by atoms with Gasteiger partial charge in [0.05, 0.1) is 0 Å². The van der Waals surface area contributed by atoms with Gasteiger partial charge in [-0.05, 0) is 12.5 Å². The quantitative estimate of drug-likeness (QED) is 0.679. The average molecular weight is 295 g/mol. The number of hydrogen-bond acceptors (Lipinski definition) is 3. The molecule has 106 valence electrons. The molecule has 0 saturated heterocycles. The lowest BCUT2D eigenvalue weighted by atomic mass is 10.2. The second-order valence-corrected chi connectivity index (χ2v) is 5.95. The molecule has 0 aliphatic heterocycles. The third-order valence-corrected chi connectivity index (χ3v) is 4.45. The minimum atomic E-state index is 0.904. The first-order valence-corrected chi connectivity index (χ1v) is 7.86. The Morgan fingerprint density at radius 2 is 1.67 bits per heavy atom. The molecule has 3 rings (SSSR count). The first-order chi connectivity index (χ1) is 10.2. The van der Waals surface area contributed by atoms with Gasteiger partial charge in [0.1, 0.15) is 0 Å². The standard InChI is InChI=1S/C17H17N3S/c1-13-8-10-14(11-9-13)12-21-17-19-18-16(20(17)2)15-6-4-3-5-7-15/h3-11H,12H2,1-2H3. The monoisotopic (exact) mass is 295 g/mol. The van der Waals surface area contributed by atoms with Gasteiger partial charge in [0.2, 0.25) is 0 Å². The third-order valence-electron chi connectivity index (χ3n) is 3.36. The zero-order valence-corrected chi connectivity index (χ0v) is 13.0. The second-order valence-electron chi connectivity index (χ2n) is 5.01. The van der Waals surface area contributed by atoms with Crippen molar-refractivity contribution in [2.45, 2.75) is 17.8 Å². The van der Waals surface area contributed by atoms with Crippen LogP contribution in [0.5, 0.6) is 0 Å². The van der Waals surface area contributed by atoms with E-state index in [1.807, 2.05) is 29.8 Å². The van der Waals surface area contributed by atoms with Crippen molar-refractivity contribution in [3.63, 3.8) is 0 Å². The van der Waals surface area contributed by atoms with Crippen LogP contribution in [0.2, 0.25) is 0 Å². The van der Waals surface area contributed by atoms with E-state index in [1.54, 1.807) is 11.8 Å². The van der Waals surface area contributed by atoms with E-state index in [0.717, 1.165) is 22.3 Å². The normalized spacial score (nSPS) is 10.8. The van der Waals surface area contributed by atoms with Crippen LogP contribution in [0, 0.1) is 6.92 Å². The van der Waals surface area contributed by atoms with Crippen LogP contribution in [0.4, 0.5) is 0 Å². The number of aromatic nitrogens is 3. The molecule has 4 heteroatoms. The van der Waals surface area contributed by atoms with Crippen LogP contribution in [-0.4, -0.2) is 14.8 Å². The Morgan fingerprint density at radius 1 is 0.952 bits per heavy atom. The van der Waals surface area contributed by atoms with Gasteiger partial charge in [-0.1, -0.05) is 71.9 Å². The summed E-state index contributed by atoms with van der Waals surface area (Å²) in [7, 11) is 2.01. The Morgan fingerprint density at radius 3 is 2.38 bits per heavy atom. The lowest BCUT2D eigenvalue weighted by Crippen LogP contribution is -1.94. The summed E-state index contributed by atoms with van der Waals surface area (Å²) < 4.78 is 2.05. The van der Waals surface area contributed by atoms with Gasteiger partial charge in [-0.3, -0.25) is 0 Å².